The Bertz CT molecular complexity index is 365. The van der Waals surface area contributed by atoms with Crippen LogP contribution in [0.4, 0.5) is 0 Å². The fourth-order valence-electron chi connectivity index (χ4n) is 2.87. The van der Waals surface area contributed by atoms with Gasteiger partial charge in [-0.1, -0.05) is 70.8 Å². The van der Waals surface area contributed by atoms with Crippen molar-refractivity contribution in [1.82, 2.24) is 0 Å². The zero-order chi connectivity index (χ0) is 20.0. The molecule has 0 atom stereocenters. The molecule has 0 saturated heterocycles. The van der Waals surface area contributed by atoms with Crippen LogP contribution in [0.3, 0.4) is 0 Å². The van der Waals surface area contributed by atoms with Gasteiger partial charge in [0.15, 0.2) is 0 Å². The SMILES string of the molecule is C=CCCCOC(=O)CCCCCCCCC(=O)OCCCCCCCC. The quantitative estimate of drug-likeness (QED) is 0.137. The molecule has 4 heteroatoms. The van der Waals surface area contributed by atoms with Crippen LogP contribution in [-0.2, 0) is 19.1 Å². The van der Waals surface area contributed by atoms with Crippen molar-refractivity contribution in [2.24, 2.45) is 0 Å². The molecule has 0 fully saturated rings. The lowest BCUT2D eigenvalue weighted by atomic mass is 10.1. The Morgan fingerprint density at radius 2 is 1.11 bits per heavy atom. The van der Waals surface area contributed by atoms with E-state index in [-0.39, 0.29) is 11.9 Å². The second-order valence-corrected chi connectivity index (χ2v) is 7.26. The van der Waals surface area contributed by atoms with Gasteiger partial charge in [-0.05, 0) is 32.1 Å². The Balaban J connectivity index is 3.26. The van der Waals surface area contributed by atoms with Gasteiger partial charge in [0.1, 0.15) is 0 Å². The van der Waals surface area contributed by atoms with E-state index in [9.17, 15) is 9.59 Å². The van der Waals surface area contributed by atoms with Crippen LogP contribution in [0.25, 0.3) is 0 Å². The summed E-state index contributed by atoms with van der Waals surface area (Å²) in [5.74, 6) is -0.144. The maximum atomic E-state index is 11.6. The molecule has 0 saturated carbocycles. The van der Waals surface area contributed by atoms with Gasteiger partial charge in [-0.15, -0.1) is 6.58 Å². The summed E-state index contributed by atoms with van der Waals surface area (Å²) in [5, 5.41) is 0. The van der Waals surface area contributed by atoms with Crippen molar-refractivity contribution in [2.45, 2.75) is 110 Å². The highest BCUT2D eigenvalue weighted by Crippen LogP contribution is 2.10. The number of unbranched alkanes of at least 4 members (excludes halogenated alkanes) is 11. The summed E-state index contributed by atoms with van der Waals surface area (Å²) in [6.45, 7) is 6.93. The molecule has 0 radical (unpaired) electrons. The third kappa shape index (κ3) is 20.8. The molecule has 158 valence electrons. The molecule has 0 aromatic carbocycles. The first-order valence-electron chi connectivity index (χ1n) is 11.1. The number of carbonyl (C=O) groups excluding carboxylic acids is 2. The van der Waals surface area contributed by atoms with Crippen molar-refractivity contribution < 1.29 is 19.1 Å². The maximum Gasteiger partial charge on any atom is 0.305 e. The van der Waals surface area contributed by atoms with Crippen LogP contribution >= 0.6 is 0 Å². The predicted octanol–water partition coefficient (Wildman–Crippen LogP) is 6.52. The van der Waals surface area contributed by atoms with E-state index in [2.05, 4.69) is 13.5 Å². The van der Waals surface area contributed by atoms with Crippen LogP contribution in [0.2, 0.25) is 0 Å². The zero-order valence-electron chi connectivity index (χ0n) is 17.6. The number of hydrogen-bond acceptors (Lipinski definition) is 4. The molecule has 0 spiro atoms. The van der Waals surface area contributed by atoms with E-state index < -0.39 is 0 Å². The Morgan fingerprint density at radius 1 is 0.667 bits per heavy atom. The lowest BCUT2D eigenvalue weighted by molar-refractivity contribution is -0.144. The molecule has 0 rings (SSSR count). The Hall–Kier alpha value is -1.32. The minimum Gasteiger partial charge on any atom is -0.466 e. The van der Waals surface area contributed by atoms with Gasteiger partial charge in [-0.25, -0.2) is 0 Å². The standard InChI is InChI=1S/C23H42O4/c1-3-5-7-8-13-17-21-27-23(25)19-15-12-10-9-11-14-18-22(24)26-20-16-6-4-2/h4H,2-3,5-21H2,1H3. The van der Waals surface area contributed by atoms with Crippen molar-refractivity contribution in [3.8, 4) is 0 Å². The molecule has 0 aliphatic heterocycles. The molecule has 27 heavy (non-hydrogen) atoms. The average Bonchev–Trinajstić information content (AvgIpc) is 2.66. The summed E-state index contributed by atoms with van der Waals surface area (Å²) < 4.78 is 10.4. The highest BCUT2D eigenvalue weighted by atomic mass is 16.5. The summed E-state index contributed by atoms with van der Waals surface area (Å²) in [6, 6.07) is 0. The largest absolute Gasteiger partial charge is 0.466 e. The molecule has 4 nitrogen and oxygen atoms in total. The zero-order valence-corrected chi connectivity index (χ0v) is 17.6. The Labute approximate surface area is 167 Å². The Kier molecular flexibility index (Phi) is 20.0. The third-order valence-corrected chi connectivity index (χ3v) is 4.59. The van der Waals surface area contributed by atoms with Gasteiger partial charge < -0.3 is 9.47 Å². The average molecular weight is 383 g/mol. The van der Waals surface area contributed by atoms with Gasteiger partial charge in [-0.2, -0.15) is 0 Å². The maximum absolute atomic E-state index is 11.6. The summed E-state index contributed by atoms with van der Waals surface area (Å²) >= 11 is 0. The van der Waals surface area contributed by atoms with Crippen molar-refractivity contribution in [3.05, 3.63) is 12.7 Å². The fourth-order valence-corrected chi connectivity index (χ4v) is 2.87. The normalized spacial score (nSPS) is 10.6. The molecule has 0 bridgehead atoms. The minimum atomic E-state index is -0.0906. The van der Waals surface area contributed by atoms with Crippen molar-refractivity contribution in [2.75, 3.05) is 13.2 Å². The molecule has 0 unspecified atom stereocenters. The van der Waals surface area contributed by atoms with Gasteiger partial charge in [0, 0.05) is 12.8 Å². The van der Waals surface area contributed by atoms with E-state index in [0.29, 0.717) is 26.1 Å². The molecule has 0 amide bonds. The van der Waals surface area contributed by atoms with Crippen LogP contribution < -0.4 is 0 Å². The molecular weight excluding hydrogens is 340 g/mol. The van der Waals surface area contributed by atoms with Gasteiger partial charge in [0.05, 0.1) is 13.2 Å². The smallest absolute Gasteiger partial charge is 0.305 e. The van der Waals surface area contributed by atoms with E-state index in [4.69, 9.17) is 9.47 Å². The van der Waals surface area contributed by atoms with Crippen molar-refractivity contribution in [1.29, 1.82) is 0 Å². The van der Waals surface area contributed by atoms with Crippen LogP contribution in [-0.4, -0.2) is 25.2 Å². The first kappa shape index (κ1) is 25.7. The number of allylic oxidation sites excluding steroid dienone is 1. The van der Waals surface area contributed by atoms with Gasteiger partial charge in [0.2, 0.25) is 0 Å². The van der Waals surface area contributed by atoms with Crippen molar-refractivity contribution in [3.63, 3.8) is 0 Å². The summed E-state index contributed by atoms with van der Waals surface area (Å²) in [7, 11) is 0. The highest BCUT2D eigenvalue weighted by Gasteiger charge is 2.04. The van der Waals surface area contributed by atoms with Crippen LogP contribution in [0.1, 0.15) is 110 Å². The number of esters is 2. The first-order chi connectivity index (χ1) is 13.2. The van der Waals surface area contributed by atoms with E-state index in [1.807, 2.05) is 6.08 Å². The fraction of sp³-hybridized carbons (Fsp3) is 0.826. The van der Waals surface area contributed by atoms with Gasteiger partial charge in [-0.3, -0.25) is 9.59 Å². The number of carbonyl (C=O) groups is 2. The molecule has 0 aromatic rings. The van der Waals surface area contributed by atoms with Crippen LogP contribution in [0.5, 0.6) is 0 Å². The number of hydrogen-bond donors (Lipinski definition) is 0. The third-order valence-electron chi connectivity index (χ3n) is 4.59. The second-order valence-electron chi connectivity index (χ2n) is 7.26. The van der Waals surface area contributed by atoms with Gasteiger partial charge >= 0.3 is 11.9 Å². The van der Waals surface area contributed by atoms with E-state index in [0.717, 1.165) is 64.2 Å². The number of rotatable bonds is 20. The monoisotopic (exact) mass is 382 g/mol. The lowest BCUT2D eigenvalue weighted by Gasteiger charge is -2.05. The topological polar surface area (TPSA) is 52.6 Å². The predicted molar refractivity (Wildman–Crippen MR) is 112 cm³/mol. The summed E-state index contributed by atoms with van der Waals surface area (Å²) in [5.41, 5.74) is 0. The molecule has 0 heterocycles. The Morgan fingerprint density at radius 3 is 1.63 bits per heavy atom. The van der Waals surface area contributed by atoms with Crippen LogP contribution in [0, 0.1) is 0 Å². The van der Waals surface area contributed by atoms with E-state index >= 15 is 0 Å². The summed E-state index contributed by atoms with van der Waals surface area (Å²) in [6.07, 6.45) is 18.0. The van der Waals surface area contributed by atoms with E-state index in [1.54, 1.807) is 0 Å². The summed E-state index contributed by atoms with van der Waals surface area (Å²) in [4.78, 5) is 23.1. The highest BCUT2D eigenvalue weighted by molar-refractivity contribution is 5.69. The molecule has 0 aliphatic carbocycles. The minimum absolute atomic E-state index is 0.0530. The van der Waals surface area contributed by atoms with E-state index in [1.165, 1.54) is 25.7 Å². The molecular formula is C23H42O4. The lowest BCUT2D eigenvalue weighted by Crippen LogP contribution is -2.05. The van der Waals surface area contributed by atoms with Gasteiger partial charge in [0.25, 0.3) is 0 Å². The second kappa shape index (κ2) is 21.0. The van der Waals surface area contributed by atoms with Crippen LogP contribution in [0.15, 0.2) is 12.7 Å². The molecule has 0 N–H and O–H groups in total. The van der Waals surface area contributed by atoms with Crippen molar-refractivity contribution >= 4 is 11.9 Å². The first-order valence-corrected chi connectivity index (χ1v) is 11.1. The number of ether oxygens (including phenoxy) is 2. The molecule has 0 aliphatic rings. The molecule has 0 aromatic heterocycles.